The van der Waals surface area contributed by atoms with E-state index in [4.69, 9.17) is 9.15 Å². The maximum atomic E-state index is 11.3. The summed E-state index contributed by atoms with van der Waals surface area (Å²) in [5.74, 6) is -0.183. The molecule has 1 amide bonds. The molecule has 0 bridgehead atoms. The summed E-state index contributed by atoms with van der Waals surface area (Å²) < 4.78 is 10.9. The average Bonchev–Trinajstić information content (AvgIpc) is 2.89. The van der Waals surface area contributed by atoms with E-state index < -0.39 is 5.97 Å². The number of hydrogen-bond acceptors (Lipinski definition) is 6. The van der Waals surface area contributed by atoms with Crippen LogP contribution in [0.4, 0.5) is 5.69 Å². The summed E-state index contributed by atoms with van der Waals surface area (Å²) in [7, 11) is 0. The zero-order valence-electron chi connectivity index (χ0n) is 12.5. The number of rotatable bonds is 3. The Bertz CT molecular complexity index is 868. The second kappa shape index (κ2) is 5.88. The van der Waals surface area contributed by atoms with E-state index in [2.05, 4.69) is 15.3 Å². The number of benzene rings is 1. The minimum Gasteiger partial charge on any atom is -0.434 e. The molecule has 0 atom stereocenters. The summed E-state index contributed by atoms with van der Waals surface area (Å²) in [6.45, 7) is 2.69. The van der Waals surface area contributed by atoms with Crippen molar-refractivity contribution in [2.24, 2.45) is 0 Å². The number of nitrogens with one attached hydrogen (secondary N) is 1. The molecule has 2 heterocycles. The quantitative estimate of drug-likeness (QED) is 0.590. The normalized spacial score (nSPS) is 10.5. The number of pyridine rings is 1. The Hall–Kier alpha value is -3.22. The third-order valence-electron chi connectivity index (χ3n) is 2.95. The van der Waals surface area contributed by atoms with Crippen LogP contribution in [-0.2, 0) is 9.59 Å². The second-order valence-electron chi connectivity index (χ2n) is 4.83. The lowest BCUT2D eigenvalue weighted by molar-refractivity contribution is -0.131. The molecule has 0 saturated heterocycles. The van der Waals surface area contributed by atoms with Crippen LogP contribution in [0.15, 0.2) is 40.9 Å². The zero-order chi connectivity index (χ0) is 16.4. The summed E-state index contributed by atoms with van der Waals surface area (Å²) in [6.07, 6.45) is 1.61. The molecule has 0 saturated carbocycles. The van der Waals surface area contributed by atoms with E-state index in [1.807, 2.05) is 0 Å². The van der Waals surface area contributed by atoms with Gasteiger partial charge in [-0.05, 0) is 24.3 Å². The number of oxazole rings is 1. The minimum atomic E-state index is -0.486. The Labute approximate surface area is 131 Å². The lowest BCUT2D eigenvalue weighted by Gasteiger charge is -2.09. The number of hydrogen-bond donors (Lipinski definition) is 1. The average molecular weight is 311 g/mol. The van der Waals surface area contributed by atoms with Gasteiger partial charge < -0.3 is 14.5 Å². The minimum absolute atomic E-state index is 0.224. The molecule has 2 aromatic heterocycles. The first kappa shape index (κ1) is 14.7. The van der Waals surface area contributed by atoms with Crippen LogP contribution in [0.25, 0.3) is 22.7 Å². The standard InChI is InChI=1S/C16H13N3O4/c1-9(20)18-11-5-6-12(14(8-11)22-10(2)21)16-19-15-13(23-16)4-3-7-17-15/h3-8H,1-2H3,(H,18,20). The van der Waals surface area contributed by atoms with Gasteiger partial charge in [0.25, 0.3) is 0 Å². The van der Waals surface area contributed by atoms with Crippen LogP contribution in [0.3, 0.4) is 0 Å². The fraction of sp³-hybridized carbons (Fsp3) is 0.125. The number of carbonyl (C=O) groups is 2. The van der Waals surface area contributed by atoms with Crippen LogP contribution in [0.2, 0.25) is 0 Å². The molecule has 7 nitrogen and oxygen atoms in total. The molecule has 0 unspecified atom stereocenters. The molecule has 1 N–H and O–H groups in total. The van der Waals surface area contributed by atoms with E-state index in [0.717, 1.165) is 0 Å². The van der Waals surface area contributed by atoms with Gasteiger partial charge in [0.15, 0.2) is 11.2 Å². The van der Waals surface area contributed by atoms with Gasteiger partial charge in [0, 0.05) is 31.8 Å². The fourth-order valence-corrected chi connectivity index (χ4v) is 2.10. The molecule has 0 aliphatic carbocycles. The largest absolute Gasteiger partial charge is 0.434 e. The SMILES string of the molecule is CC(=O)Nc1ccc(-c2nc3ncccc3o2)c(OC(C)=O)c1. The maximum Gasteiger partial charge on any atom is 0.308 e. The van der Waals surface area contributed by atoms with Crippen molar-refractivity contribution in [1.29, 1.82) is 0 Å². The van der Waals surface area contributed by atoms with Gasteiger partial charge in [-0.3, -0.25) is 9.59 Å². The Kier molecular flexibility index (Phi) is 3.76. The van der Waals surface area contributed by atoms with E-state index in [1.165, 1.54) is 13.8 Å². The summed E-state index contributed by atoms with van der Waals surface area (Å²) >= 11 is 0. The molecule has 3 aromatic rings. The third-order valence-corrected chi connectivity index (χ3v) is 2.95. The first-order valence-electron chi connectivity index (χ1n) is 6.85. The van der Waals surface area contributed by atoms with Crippen molar-refractivity contribution in [3.63, 3.8) is 0 Å². The molecule has 1 aromatic carbocycles. The number of amides is 1. The lowest BCUT2D eigenvalue weighted by atomic mass is 10.1. The third kappa shape index (κ3) is 3.18. The van der Waals surface area contributed by atoms with Gasteiger partial charge in [0.2, 0.25) is 11.8 Å². The van der Waals surface area contributed by atoms with E-state index in [-0.39, 0.29) is 17.5 Å². The number of carbonyl (C=O) groups excluding carboxylic acids is 2. The van der Waals surface area contributed by atoms with Crippen molar-refractivity contribution in [3.8, 4) is 17.2 Å². The van der Waals surface area contributed by atoms with E-state index >= 15 is 0 Å². The highest BCUT2D eigenvalue weighted by Gasteiger charge is 2.16. The smallest absolute Gasteiger partial charge is 0.308 e. The van der Waals surface area contributed by atoms with Crippen molar-refractivity contribution in [1.82, 2.24) is 9.97 Å². The monoisotopic (exact) mass is 311 g/mol. The fourth-order valence-electron chi connectivity index (χ4n) is 2.10. The first-order valence-corrected chi connectivity index (χ1v) is 6.85. The molecule has 3 rings (SSSR count). The van der Waals surface area contributed by atoms with Crippen LogP contribution < -0.4 is 10.1 Å². The van der Waals surface area contributed by atoms with Gasteiger partial charge in [0.05, 0.1) is 5.56 Å². The van der Waals surface area contributed by atoms with Crippen LogP contribution >= 0.6 is 0 Å². The van der Waals surface area contributed by atoms with E-state index in [1.54, 1.807) is 36.5 Å². The molecule has 116 valence electrons. The molecule has 7 heteroatoms. The second-order valence-corrected chi connectivity index (χ2v) is 4.83. The highest BCUT2D eigenvalue weighted by Crippen LogP contribution is 2.33. The maximum absolute atomic E-state index is 11.3. The summed E-state index contributed by atoms with van der Waals surface area (Å²) in [6, 6.07) is 8.36. The highest BCUT2D eigenvalue weighted by atomic mass is 16.5. The number of nitrogens with zero attached hydrogens (tertiary/aromatic N) is 2. The van der Waals surface area contributed by atoms with Crippen LogP contribution in [0, 0.1) is 0 Å². The van der Waals surface area contributed by atoms with Crippen molar-refractivity contribution in [2.75, 3.05) is 5.32 Å². The van der Waals surface area contributed by atoms with Crippen molar-refractivity contribution < 1.29 is 18.7 Å². The van der Waals surface area contributed by atoms with Crippen molar-refractivity contribution in [3.05, 3.63) is 36.5 Å². The summed E-state index contributed by atoms with van der Waals surface area (Å²) in [4.78, 5) is 30.9. The number of ether oxygens (including phenoxy) is 1. The zero-order valence-corrected chi connectivity index (χ0v) is 12.5. The van der Waals surface area contributed by atoms with Crippen LogP contribution in [-0.4, -0.2) is 21.8 Å². The number of aromatic nitrogens is 2. The molecular weight excluding hydrogens is 298 g/mol. The topological polar surface area (TPSA) is 94.3 Å². The number of anilines is 1. The number of fused-ring (bicyclic) bond motifs is 1. The predicted molar refractivity (Wildman–Crippen MR) is 82.9 cm³/mol. The predicted octanol–water partition coefficient (Wildman–Crippen LogP) is 2.77. The van der Waals surface area contributed by atoms with Gasteiger partial charge >= 0.3 is 5.97 Å². The molecule has 0 fully saturated rings. The van der Waals surface area contributed by atoms with Gasteiger partial charge in [0.1, 0.15) is 5.75 Å². The van der Waals surface area contributed by atoms with Gasteiger partial charge in [-0.2, -0.15) is 4.98 Å². The van der Waals surface area contributed by atoms with Crippen molar-refractivity contribution in [2.45, 2.75) is 13.8 Å². The molecule has 0 spiro atoms. The molecule has 0 aliphatic rings. The first-order chi connectivity index (χ1) is 11.0. The Morgan fingerprint density at radius 1 is 1.22 bits per heavy atom. The van der Waals surface area contributed by atoms with Crippen LogP contribution in [0.1, 0.15) is 13.8 Å². The Morgan fingerprint density at radius 3 is 2.74 bits per heavy atom. The summed E-state index contributed by atoms with van der Waals surface area (Å²) in [5.41, 5.74) is 1.99. The molecule has 23 heavy (non-hydrogen) atoms. The Morgan fingerprint density at radius 2 is 2.04 bits per heavy atom. The van der Waals surface area contributed by atoms with Gasteiger partial charge in [-0.25, -0.2) is 4.98 Å². The van der Waals surface area contributed by atoms with Gasteiger partial charge in [-0.1, -0.05) is 0 Å². The Balaban J connectivity index is 2.09. The molecular formula is C16H13N3O4. The lowest BCUT2D eigenvalue weighted by Crippen LogP contribution is -2.07. The number of esters is 1. The summed E-state index contributed by atoms with van der Waals surface area (Å²) in [5, 5.41) is 2.63. The van der Waals surface area contributed by atoms with Crippen LogP contribution in [0.5, 0.6) is 5.75 Å². The van der Waals surface area contributed by atoms with Crippen molar-refractivity contribution >= 4 is 28.8 Å². The van der Waals surface area contributed by atoms with E-state index in [9.17, 15) is 9.59 Å². The molecule has 0 aliphatic heterocycles. The van der Waals surface area contributed by atoms with Gasteiger partial charge in [-0.15, -0.1) is 0 Å². The highest BCUT2D eigenvalue weighted by molar-refractivity contribution is 5.90. The van der Waals surface area contributed by atoms with E-state index in [0.29, 0.717) is 22.5 Å². The molecule has 0 radical (unpaired) electrons.